The summed E-state index contributed by atoms with van der Waals surface area (Å²) >= 11 is 0. The van der Waals surface area contributed by atoms with E-state index in [1.807, 2.05) is 13.8 Å². The minimum absolute atomic E-state index is 0.0184. The summed E-state index contributed by atoms with van der Waals surface area (Å²) in [6, 6.07) is 1.54. The van der Waals surface area contributed by atoms with Crippen LogP contribution in [0.2, 0.25) is 0 Å². The summed E-state index contributed by atoms with van der Waals surface area (Å²) in [5.74, 6) is -0.513. The highest BCUT2D eigenvalue weighted by Gasteiger charge is 2.34. The molecular formula is C20H25N3O5S. The maximum absolute atomic E-state index is 13.1. The first-order chi connectivity index (χ1) is 13.6. The van der Waals surface area contributed by atoms with E-state index in [9.17, 15) is 18.0 Å². The van der Waals surface area contributed by atoms with Crippen LogP contribution in [0.1, 0.15) is 59.8 Å². The van der Waals surface area contributed by atoms with E-state index in [4.69, 9.17) is 4.84 Å². The van der Waals surface area contributed by atoms with Crippen molar-refractivity contribution in [2.75, 3.05) is 5.75 Å². The van der Waals surface area contributed by atoms with Crippen molar-refractivity contribution in [3.8, 4) is 0 Å². The highest BCUT2D eigenvalue weighted by atomic mass is 32.2. The molecule has 0 saturated heterocycles. The number of benzene rings is 1. The molecule has 0 unspecified atom stereocenters. The Hall–Kier alpha value is -2.68. The van der Waals surface area contributed by atoms with E-state index in [0.717, 1.165) is 0 Å². The van der Waals surface area contributed by atoms with E-state index in [0.29, 0.717) is 28.9 Å². The Bertz CT molecular complexity index is 1170. The largest absolute Gasteiger partial charge is 0.393 e. The molecule has 1 aromatic heterocycles. The number of hydrogen-bond donors (Lipinski definition) is 1. The number of nitrogens with zero attached hydrogens (tertiary/aromatic N) is 2. The predicted molar refractivity (Wildman–Crippen MR) is 110 cm³/mol. The van der Waals surface area contributed by atoms with Crippen LogP contribution in [0.25, 0.3) is 0 Å². The molecule has 1 aliphatic rings. The number of aromatic amines is 1. The van der Waals surface area contributed by atoms with Crippen molar-refractivity contribution in [1.29, 1.82) is 0 Å². The van der Waals surface area contributed by atoms with E-state index in [1.165, 1.54) is 10.9 Å². The van der Waals surface area contributed by atoms with Gasteiger partial charge in [0.05, 0.1) is 16.4 Å². The minimum Gasteiger partial charge on any atom is -0.393 e. The first-order valence-corrected chi connectivity index (χ1v) is 11.2. The molecule has 0 saturated carbocycles. The van der Waals surface area contributed by atoms with Gasteiger partial charge in [0, 0.05) is 30.3 Å². The van der Waals surface area contributed by atoms with Crippen molar-refractivity contribution < 1.29 is 18.0 Å². The molecule has 2 aromatic rings. The number of carbonyl (C=O) groups is 1. The molecule has 0 atom stereocenters. The second-order valence-corrected chi connectivity index (χ2v) is 9.44. The van der Waals surface area contributed by atoms with Crippen molar-refractivity contribution in [2.24, 2.45) is 5.16 Å². The maximum Gasteiger partial charge on any atom is 0.277 e. The molecule has 29 heavy (non-hydrogen) atoms. The number of ketones is 1. The highest BCUT2D eigenvalue weighted by molar-refractivity contribution is 7.91. The lowest BCUT2D eigenvalue weighted by atomic mass is 9.91. The van der Waals surface area contributed by atoms with Crippen molar-refractivity contribution in [3.63, 3.8) is 0 Å². The van der Waals surface area contributed by atoms with E-state index >= 15 is 0 Å². The Morgan fingerprint density at radius 3 is 2.59 bits per heavy atom. The van der Waals surface area contributed by atoms with E-state index in [-0.39, 0.29) is 34.3 Å². The SMILES string of the molecule is CCn1[nH]cc(C(=O)c2cc(C)c3c(c2C)/C(=N\OC(C)C)CCS3(=O)=O)c1=O. The number of aryl methyl sites for hydroxylation is 2. The second-order valence-electron chi connectivity index (χ2n) is 7.40. The van der Waals surface area contributed by atoms with Gasteiger partial charge in [-0.15, -0.1) is 0 Å². The third-order valence-electron chi connectivity index (χ3n) is 4.95. The number of sulfone groups is 1. The van der Waals surface area contributed by atoms with Crippen LogP contribution in [0.3, 0.4) is 0 Å². The summed E-state index contributed by atoms with van der Waals surface area (Å²) in [5, 5.41) is 6.94. The summed E-state index contributed by atoms with van der Waals surface area (Å²) in [5.41, 5.74) is 1.74. The summed E-state index contributed by atoms with van der Waals surface area (Å²) in [7, 11) is -3.50. The van der Waals surface area contributed by atoms with Crippen LogP contribution in [-0.4, -0.2) is 41.6 Å². The number of aromatic nitrogens is 2. The molecule has 0 spiro atoms. The zero-order valence-corrected chi connectivity index (χ0v) is 18.0. The van der Waals surface area contributed by atoms with Crippen molar-refractivity contribution in [1.82, 2.24) is 9.78 Å². The standard InChI is InChI=1S/C20H25N3O5S/c1-6-23-20(25)15(10-21-23)18(24)14-9-12(4)19-17(13(14)5)16(22-28-11(2)3)7-8-29(19,26)27/h9-11,21H,6-8H2,1-5H3/b22-16-. The van der Waals surface area contributed by atoms with Gasteiger partial charge in [-0.1, -0.05) is 5.16 Å². The molecule has 1 N–H and O–H groups in total. The Morgan fingerprint density at radius 2 is 2.00 bits per heavy atom. The van der Waals surface area contributed by atoms with Gasteiger partial charge in [0.25, 0.3) is 5.56 Å². The number of carbonyl (C=O) groups excluding carboxylic acids is 1. The average molecular weight is 420 g/mol. The molecule has 0 fully saturated rings. The summed E-state index contributed by atoms with van der Waals surface area (Å²) in [6.07, 6.45) is 1.42. The number of rotatable bonds is 5. The minimum atomic E-state index is -3.50. The van der Waals surface area contributed by atoms with Crippen molar-refractivity contribution >= 4 is 21.3 Å². The average Bonchev–Trinajstić information content (AvgIpc) is 3.02. The second kappa shape index (κ2) is 7.62. The topological polar surface area (TPSA) is 111 Å². The van der Waals surface area contributed by atoms with Crippen LogP contribution < -0.4 is 5.56 Å². The number of hydrogen-bond acceptors (Lipinski definition) is 6. The monoisotopic (exact) mass is 419 g/mol. The van der Waals surface area contributed by atoms with Gasteiger partial charge in [-0.3, -0.25) is 14.3 Å². The predicted octanol–water partition coefficient (Wildman–Crippen LogP) is 2.35. The normalized spacial score (nSPS) is 16.8. The van der Waals surface area contributed by atoms with Gasteiger partial charge in [0.2, 0.25) is 0 Å². The summed E-state index contributed by atoms with van der Waals surface area (Å²) in [6.45, 7) is 9.20. The lowest BCUT2D eigenvalue weighted by Gasteiger charge is -2.24. The highest BCUT2D eigenvalue weighted by Crippen LogP contribution is 2.34. The van der Waals surface area contributed by atoms with Crippen LogP contribution in [0.4, 0.5) is 0 Å². The Kier molecular flexibility index (Phi) is 5.53. The summed E-state index contributed by atoms with van der Waals surface area (Å²) < 4.78 is 26.8. The molecule has 8 nitrogen and oxygen atoms in total. The van der Waals surface area contributed by atoms with Gasteiger partial charge in [-0.2, -0.15) is 0 Å². The van der Waals surface area contributed by atoms with Gasteiger partial charge in [-0.25, -0.2) is 8.42 Å². The third kappa shape index (κ3) is 3.66. The fraction of sp³-hybridized carbons (Fsp3) is 0.450. The van der Waals surface area contributed by atoms with Crippen LogP contribution in [0.15, 0.2) is 27.1 Å². The number of oxime groups is 1. The smallest absolute Gasteiger partial charge is 0.277 e. The summed E-state index contributed by atoms with van der Waals surface area (Å²) in [4.78, 5) is 31.1. The van der Waals surface area contributed by atoms with E-state index in [1.54, 1.807) is 26.8 Å². The Labute approximate surface area is 169 Å². The first kappa shape index (κ1) is 21.0. The molecule has 2 heterocycles. The molecule has 1 aliphatic heterocycles. The van der Waals surface area contributed by atoms with Crippen LogP contribution in [0.5, 0.6) is 0 Å². The van der Waals surface area contributed by atoms with E-state index in [2.05, 4.69) is 10.3 Å². The van der Waals surface area contributed by atoms with Crippen LogP contribution >= 0.6 is 0 Å². The lowest BCUT2D eigenvalue weighted by Crippen LogP contribution is -2.27. The molecule has 9 heteroatoms. The Morgan fingerprint density at radius 1 is 1.31 bits per heavy atom. The zero-order chi connectivity index (χ0) is 21.5. The van der Waals surface area contributed by atoms with Crippen LogP contribution in [0, 0.1) is 13.8 Å². The van der Waals surface area contributed by atoms with Gasteiger partial charge in [0.1, 0.15) is 11.7 Å². The van der Waals surface area contributed by atoms with Gasteiger partial charge in [-0.05, 0) is 51.8 Å². The number of nitrogens with one attached hydrogen (secondary N) is 1. The van der Waals surface area contributed by atoms with Crippen LogP contribution in [-0.2, 0) is 21.2 Å². The molecule has 156 valence electrons. The molecule has 0 radical (unpaired) electrons. The molecule has 0 amide bonds. The molecular weight excluding hydrogens is 394 g/mol. The van der Waals surface area contributed by atoms with Gasteiger partial charge in [0.15, 0.2) is 15.6 Å². The fourth-order valence-corrected chi connectivity index (χ4v) is 5.34. The third-order valence-corrected chi connectivity index (χ3v) is 6.84. The quantitative estimate of drug-likeness (QED) is 0.591. The van der Waals surface area contributed by atoms with Crippen molar-refractivity contribution in [3.05, 3.63) is 50.4 Å². The molecule has 1 aromatic carbocycles. The molecule has 3 rings (SSSR count). The zero-order valence-electron chi connectivity index (χ0n) is 17.2. The van der Waals surface area contributed by atoms with Gasteiger partial charge >= 0.3 is 0 Å². The van der Waals surface area contributed by atoms with Gasteiger partial charge < -0.3 is 9.94 Å². The molecule has 0 bridgehead atoms. The number of fused-ring (bicyclic) bond motifs is 1. The number of H-pyrrole nitrogens is 1. The first-order valence-electron chi connectivity index (χ1n) is 9.51. The maximum atomic E-state index is 13.1. The lowest BCUT2D eigenvalue weighted by molar-refractivity contribution is 0.0856. The van der Waals surface area contributed by atoms with Crippen molar-refractivity contribution in [2.45, 2.75) is 58.6 Å². The Balaban J connectivity index is 2.25. The van der Waals surface area contributed by atoms with E-state index < -0.39 is 21.2 Å². The fourth-order valence-electron chi connectivity index (χ4n) is 3.55. The molecule has 0 aliphatic carbocycles.